The largest absolute Gasteiger partial charge is 0.445 e. The van der Waals surface area contributed by atoms with Gasteiger partial charge in [0.1, 0.15) is 5.76 Å². The molecule has 2 aromatic rings. The van der Waals surface area contributed by atoms with Crippen LogP contribution in [0.1, 0.15) is 65.7 Å². The minimum atomic E-state index is -0.00410. The lowest BCUT2D eigenvalue weighted by molar-refractivity contribution is -0.131. The van der Waals surface area contributed by atoms with Gasteiger partial charge in [-0.05, 0) is 61.4 Å². The zero-order chi connectivity index (χ0) is 19.5. The van der Waals surface area contributed by atoms with E-state index < -0.39 is 0 Å². The van der Waals surface area contributed by atoms with E-state index in [4.69, 9.17) is 4.42 Å². The van der Waals surface area contributed by atoms with Crippen molar-refractivity contribution >= 4 is 23.2 Å². The maximum absolute atomic E-state index is 12.8. The number of nitrogens with zero attached hydrogens (tertiary/aromatic N) is 3. The first-order valence-electron chi connectivity index (χ1n) is 10.2. The number of oxazole rings is 1. The molecular formula is C21H27N3O3S. The summed E-state index contributed by atoms with van der Waals surface area (Å²) in [6.07, 6.45) is 5.44. The highest BCUT2D eigenvalue weighted by molar-refractivity contribution is 7.08. The van der Waals surface area contributed by atoms with E-state index in [0.29, 0.717) is 36.9 Å². The van der Waals surface area contributed by atoms with Crippen LogP contribution in [0.3, 0.4) is 0 Å². The molecule has 6 nitrogen and oxygen atoms in total. The Labute approximate surface area is 169 Å². The fraction of sp³-hybridized carbons (Fsp3) is 0.571. The van der Waals surface area contributed by atoms with Crippen molar-refractivity contribution in [1.29, 1.82) is 0 Å². The lowest BCUT2D eigenvalue weighted by atomic mass is 9.96. The molecule has 0 bridgehead atoms. The van der Waals surface area contributed by atoms with Gasteiger partial charge in [0.2, 0.25) is 5.91 Å². The number of carbonyl (C=O) groups is 2. The third kappa shape index (κ3) is 4.14. The highest BCUT2D eigenvalue weighted by Crippen LogP contribution is 2.30. The molecule has 0 unspecified atom stereocenters. The summed E-state index contributed by atoms with van der Waals surface area (Å²) in [6.45, 7) is 4.87. The zero-order valence-electron chi connectivity index (χ0n) is 16.4. The van der Waals surface area contributed by atoms with Gasteiger partial charge in [-0.15, -0.1) is 0 Å². The van der Waals surface area contributed by atoms with Gasteiger partial charge in [0.25, 0.3) is 5.91 Å². The molecule has 0 radical (unpaired) electrons. The molecule has 4 rings (SSSR count). The van der Waals surface area contributed by atoms with Crippen molar-refractivity contribution in [3.63, 3.8) is 0 Å². The van der Waals surface area contributed by atoms with Crippen LogP contribution >= 0.6 is 11.3 Å². The van der Waals surface area contributed by atoms with E-state index in [1.165, 1.54) is 6.42 Å². The number of thiophene rings is 1. The second-order valence-electron chi connectivity index (χ2n) is 7.77. The van der Waals surface area contributed by atoms with Crippen molar-refractivity contribution in [2.75, 3.05) is 26.2 Å². The van der Waals surface area contributed by atoms with Crippen molar-refractivity contribution < 1.29 is 14.0 Å². The van der Waals surface area contributed by atoms with Gasteiger partial charge >= 0.3 is 0 Å². The number of likely N-dealkylation sites (tertiary alicyclic amines) is 2. The van der Waals surface area contributed by atoms with E-state index in [0.717, 1.165) is 44.3 Å². The number of aromatic nitrogens is 1. The quantitative estimate of drug-likeness (QED) is 0.785. The molecule has 0 aromatic carbocycles. The lowest BCUT2D eigenvalue weighted by Crippen LogP contribution is -2.38. The van der Waals surface area contributed by atoms with Gasteiger partial charge in [-0.25, -0.2) is 4.98 Å². The van der Waals surface area contributed by atoms with Crippen LogP contribution in [0.25, 0.3) is 0 Å². The summed E-state index contributed by atoms with van der Waals surface area (Å²) in [5.41, 5.74) is 1.55. The van der Waals surface area contributed by atoms with Crippen LogP contribution in [0.15, 0.2) is 21.2 Å². The van der Waals surface area contributed by atoms with Gasteiger partial charge in [0.15, 0.2) is 11.6 Å². The topological polar surface area (TPSA) is 66.7 Å². The predicted octanol–water partition coefficient (Wildman–Crippen LogP) is 3.62. The summed E-state index contributed by atoms with van der Waals surface area (Å²) in [6, 6.07) is 2.01. The fourth-order valence-corrected chi connectivity index (χ4v) is 4.76. The molecular weight excluding hydrogens is 374 g/mol. The number of amides is 2. The van der Waals surface area contributed by atoms with Crippen LogP contribution in [-0.4, -0.2) is 52.8 Å². The monoisotopic (exact) mass is 401 g/mol. The molecule has 0 spiro atoms. The molecule has 28 heavy (non-hydrogen) atoms. The zero-order valence-corrected chi connectivity index (χ0v) is 17.2. The molecule has 0 N–H and O–H groups in total. The van der Waals surface area contributed by atoms with Gasteiger partial charge in [-0.3, -0.25) is 9.59 Å². The SMILES string of the molecule is Cc1oc(C2CCN(C(=O)Cc3ccsc3)CC2)nc1C(=O)N1CCCCC1. The Balaban J connectivity index is 1.35. The van der Waals surface area contributed by atoms with Crippen LogP contribution in [0, 0.1) is 6.92 Å². The van der Waals surface area contributed by atoms with Crippen LogP contribution < -0.4 is 0 Å². The predicted molar refractivity (Wildman–Crippen MR) is 108 cm³/mol. The molecule has 0 atom stereocenters. The third-order valence-corrected chi connectivity index (χ3v) is 6.52. The summed E-state index contributed by atoms with van der Waals surface area (Å²) in [4.78, 5) is 33.6. The Morgan fingerprint density at radius 2 is 1.89 bits per heavy atom. The van der Waals surface area contributed by atoms with Crippen molar-refractivity contribution in [2.45, 2.75) is 51.4 Å². The van der Waals surface area contributed by atoms with Crippen molar-refractivity contribution in [1.82, 2.24) is 14.8 Å². The second kappa shape index (κ2) is 8.47. The van der Waals surface area contributed by atoms with E-state index >= 15 is 0 Å². The molecule has 2 fully saturated rings. The van der Waals surface area contributed by atoms with E-state index in [1.807, 2.05) is 33.6 Å². The number of hydrogen-bond donors (Lipinski definition) is 0. The average molecular weight is 402 g/mol. The molecule has 7 heteroatoms. The van der Waals surface area contributed by atoms with Crippen LogP contribution in [-0.2, 0) is 11.2 Å². The molecule has 150 valence electrons. The number of piperidine rings is 2. The Kier molecular flexibility index (Phi) is 5.80. The summed E-state index contributed by atoms with van der Waals surface area (Å²) in [7, 11) is 0. The van der Waals surface area contributed by atoms with E-state index in [1.54, 1.807) is 11.3 Å². The number of hydrogen-bond acceptors (Lipinski definition) is 5. The highest BCUT2D eigenvalue weighted by atomic mass is 32.1. The van der Waals surface area contributed by atoms with Gasteiger partial charge in [-0.2, -0.15) is 11.3 Å². The molecule has 0 saturated carbocycles. The number of carbonyl (C=O) groups excluding carboxylic acids is 2. The number of rotatable bonds is 4. The Morgan fingerprint density at radius 1 is 1.14 bits per heavy atom. The van der Waals surface area contributed by atoms with Crippen molar-refractivity contribution in [2.24, 2.45) is 0 Å². The first-order valence-corrected chi connectivity index (χ1v) is 11.1. The van der Waals surface area contributed by atoms with Gasteiger partial charge < -0.3 is 14.2 Å². The third-order valence-electron chi connectivity index (χ3n) is 5.79. The smallest absolute Gasteiger partial charge is 0.276 e. The molecule has 2 amide bonds. The van der Waals surface area contributed by atoms with Gasteiger partial charge in [0, 0.05) is 32.1 Å². The Hall–Kier alpha value is -2.15. The highest BCUT2D eigenvalue weighted by Gasteiger charge is 2.30. The Morgan fingerprint density at radius 3 is 2.57 bits per heavy atom. The molecule has 2 saturated heterocycles. The number of aryl methyl sites for hydroxylation is 1. The van der Waals surface area contributed by atoms with Crippen LogP contribution in [0.4, 0.5) is 0 Å². The molecule has 4 heterocycles. The first kappa shape index (κ1) is 19.2. The van der Waals surface area contributed by atoms with Gasteiger partial charge in [-0.1, -0.05) is 0 Å². The normalized spacial score (nSPS) is 18.5. The second-order valence-corrected chi connectivity index (χ2v) is 8.55. The fourth-order valence-electron chi connectivity index (χ4n) is 4.09. The Bertz CT molecular complexity index is 816. The summed E-state index contributed by atoms with van der Waals surface area (Å²) < 4.78 is 5.89. The van der Waals surface area contributed by atoms with Crippen molar-refractivity contribution in [3.8, 4) is 0 Å². The minimum Gasteiger partial charge on any atom is -0.445 e. The minimum absolute atomic E-state index is 0.00410. The summed E-state index contributed by atoms with van der Waals surface area (Å²) in [5, 5.41) is 4.03. The van der Waals surface area contributed by atoms with Crippen molar-refractivity contribution in [3.05, 3.63) is 39.7 Å². The molecule has 2 aromatic heterocycles. The van der Waals surface area contributed by atoms with E-state index in [-0.39, 0.29) is 17.7 Å². The molecule has 2 aliphatic rings. The summed E-state index contributed by atoms with van der Waals surface area (Å²) in [5.74, 6) is 1.62. The lowest BCUT2D eigenvalue weighted by Gasteiger charge is -2.30. The maximum atomic E-state index is 12.8. The maximum Gasteiger partial charge on any atom is 0.276 e. The standard InChI is InChI=1S/C21H27N3O3S/c1-15-19(21(26)24-8-3-2-4-9-24)22-20(27-15)17-5-10-23(11-6-17)18(25)13-16-7-12-28-14-16/h7,12,14,17H,2-6,8-11,13H2,1H3. The van der Waals surface area contributed by atoms with Crippen LogP contribution in [0.2, 0.25) is 0 Å². The van der Waals surface area contributed by atoms with E-state index in [9.17, 15) is 9.59 Å². The molecule has 2 aliphatic heterocycles. The van der Waals surface area contributed by atoms with E-state index in [2.05, 4.69) is 4.98 Å². The first-order chi connectivity index (χ1) is 13.6. The van der Waals surface area contributed by atoms with Gasteiger partial charge in [0.05, 0.1) is 6.42 Å². The molecule has 0 aliphatic carbocycles. The average Bonchev–Trinajstić information content (AvgIpc) is 3.38. The van der Waals surface area contributed by atoms with Crippen LogP contribution in [0.5, 0.6) is 0 Å². The summed E-state index contributed by atoms with van der Waals surface area (Å²) >= 11 is 1.62.